The summed E-state index contributed by atoms with van der Waals surface area (Å²) in [5.41, 5.74) is 12.3. The SMILES string of the molecule is COc1ncc(/C(=C(\c2ccc(/C=C/C(=O)O)cc2)c2ccc3c(c2)C(F)NN3)C2CCC2)cc1Cl. The first-order valence-electron chi connectivity index (χ1n) is 11.7. The number of alkyl halides is 1. The maximum absolute atomic E-state index is 14.6. The molecule has 5 rings (SSSR count). The second-order valence-electron chi connectivity index (χ2n) is 8.86. The van der Waals surface area contributed by atoms with E-state index in [2.05, 4.69) is 15.8 Å². The highest BCUT2D eigenvalue weighted by Gasteiger charge is 2.29. The van der Waals surface area contributed by atoms with Gasteiger partial charge in [0.05, 0.1) is 12.8 Å². The summed E-state index contributed by atoms with van der Waals surface area (Å²) >= 11 is 6.48. The fourth-order valence-corrected chi connectivity index (χ4v) is 4.91. The van der Waals surface area contributed by atoms with Crippen molar-refractivity contribution < 1.29 is 19.0 Å². The van der Waals surface area contributed by atoms with Crippen LogP contribution in [0.2, 0.25) is 5.02 Å². The number of allylic oxidation sites excluding steroid dienone is 1. The van der Waals surface area contributed by atoms with Gasteiger partial charge in [-0.3, -0.25) is 0 Å². The van der Waals surface area contributed by atoms with E-state index in [9.17, 15) is 9.18 Å². The summed E-state index contributed by atoms with van der Waals surface area (Å²) in [4.78, 5) is 15.3. The number of pyridine rings is 1. The molecule has 1 unspecified atom stereocenters. The Labute approximate surface area is 213 Å². The van der Waals surface area contributed by atoms with Gasteiger partial charge in [-0.15, -0.1) is 0 Å². The van der Waals surface area contributed by atoms with Crippen molar-refractivity contribution in [2.75, 3.05) is 12.5 Å². The molecule has 2 heterocycles. The number of rotatable bonds is 7. The minimum Gasteiger partial charge on any atom is -0.480 e. The Morgan fingerprint density at radius 3 is 2.53 bits per heavy atom. The number of nitrogens with one attached hydrogen (secondary N) is 2. The zero-order valence-electron chi connectivity index (χ0n) is 19.6. The van der Waals surface area contributed by atoms with Crippen LogP contribution in [-0.2, 0) is 4.79 Å². The first kappa shape index (κ1) is 24.0. The number of methoxy groups -OCH3 is 1. The van der Waals surface area contributed by atoms with Crippen LogP contribution < -0.4 is 15.6 Å². The molecule has 0 radical (unpaired) electrons. The Bertz CT molecular complexity index is 1370. The number of carboxylic acids is 1. The topological polar surface area (TPSA) is 83.5 Å². The van der Waals surface area contributed by atoms with Crippen molar-refractivity contribution in [1.82, 2.24) is 10.4 Å². The van der Waals surface area contributed by atoms with Gasteiger partial charge in [0.25, 0.3) is 0 Å². The Morgan fingerprint density at radius 2 is 1.89 bits per heavy atom. The van der Waals surface area contributed by atoms with Crippen molar-refractivity contribution >= 4 is 40.5 Å². The van der Waals surface area contributed by atoms with Gasteiger partial charge < -0.3 is 15.3 Å². The number of halogens is 2. The quantitative estimate of drug-likeness (QED) is 0.251. The third kappa shape index (κ3) is 4.72. The Balaban J connectivity index is 1.72. The number of anilines is 1. The summed E-state index contributed by atoms with van der Waals surface area (Å²) in [6.45, 7) is 0. The first-order chi connectivity index (χ1) is 17.4. The van der Waals surface area contributed by atoms with E-state index in [4.69, 9.17) is 21.4 Å². The lowest BCUT2D eigenvalue weighted by atomic mass is 9.73. The van der Waals surface area contributed by atoms with Crippen LogP contribution in [0.25, 0.3) is 17.2 Å². The van der Waals surface area contributed by atoms with E-state index in [1.807, 2.05) is 48.5 Å². The van der Waals surface area contributed by atoms with Crippen LogP contribution in [0, 0.1) is 5.92 Å². The molecule has 8 heteroatoms. The summed E-state index contributed by atoms with van der Waals surface area (Å²) in [5.74, 6) is -0.347. The van der Waals surface area contributed by atoms with Crippen LogP contribution in [0.3, 0.4) is 0 Å². The Morgan fingerprint density at radius 1 is 1.14 bits per heavy atom. The predicted molar refractivity (Wildman–Crippen MR) is 139 cm³/mol. The summed E-state index contributed by atoms with van der Waals surface area (Å²) in [6.07, 6.45) is 6.31. The van der Waals surface area contributed by atoms with Crippen molar-refractivity contribution in [3.8, 4) is 5.88 Å². The Kier molecular flexibility index (Phi) is 6.76. The van der Waals surface area contributed by atoms with Crippen LogP contribution in [-0.4, -0.2) is 23.2 Å². The van der Waals surface area contributed by atoms with Gasteiger partial charge in [-0.05, 0) is 76.4 Å². The molecule has 184 valence electrons. The number of fused-ring (bicyclic) bond motifs is 1. The van der Waals surface area contributed by atoms with E-state index in [-0.39, 0.29) is 0 Å². The van der Waals surface area contributed by atoms with Gasteiger partial charge in [-0.1, -0.05) is 48.4 Å². The molecule has 0 amide bonds. The summed E-state index contributed by atoms with van der Waals surface area (Å²) in [5, 5.41) is 9.38. The maximum Gasteiger partial charge on any atom is 0.328 e. The zero-order chi connectivity index (χ0) is 25.2. The molecule has 3 N–H and O–H groups in total. The van der Waals surface area contributed by atoms with Crippen molar-refractivity contribution in [3.63, 3.8) is 0 Å². The van der Waals surface area contributed by atoms with Crippen molar-refractivity contribution in [3.05, 3.63) is 93.6 Å². The van der Waals surface area contributed by atoms with Gasteiger partial charge in [0.15, 0.2) is 6.30 Å². The number of carbonyl (C=O) groups is 1. The number of aliphatic carboxylic acids is 1. The average Bonchev–Trinajstić information content (AvgIpc) is 3.22. The number of aromatic nitrogens is 1. The molecular formula is C28H25ClFN3O3. The molecule has 6 nitrogen and oxygen atoms in total. The van der Waals surface area contributed by atoms with Crippen molar-refractivity contribution in [2.45, 2.75) is 25.6 Å². The maximum atomic E-state index is 14.6. The second-order valence-corrected chi connectivity index (χ2v) is 9.27. The smallest absolute Gasteiger partial charge is 0.328 e. The highest BCUT2D eigenvalue weighted by Crippen LogP contribution is 2.46. The van der Waals surface area contributed by atoms with E-state index in [1.54, 1.807) is 12.3 Å². The summed E-state index contributed by atoms with van der Waals surface area (Å²) < 4.78 is 19.8. The number of ether oxygens (including phenoxy) is 1. The third-order valence-corrected chi connectivity index (χ3v) is 6.93. The summed E-state index contributed by atoms with van der Waals surface area (Å²) in [7, 11) is 1.53. The van der Waals surface area contributed by atoms with Crippen LogP contribution in [0.4, 0.5) is 10.1 Å². The van der Waals surface area contributed by atoms with Gasteiger partial charge in [0.2, 0.25) is 5.88 Å². The lowest BCUT2D eigenvalue weighted by Gasteiger charge is -2.31. The number of hydrazine groups is 1. The van der Waals surface area contributed by atoms with E-state index >= 15 is 0 Å². The number of benzene rings is 2. The van der Waals surface area contributed by atoms with Crippen molar-refractivity contribution in [2.24, 2.45) is 5.92 Å². The molecule has 1 saturated carbocycles. The standard InChI is InChI=1S/C28H25ClFN3O3/c1-36-28-22(29)14-20(15-31-28)26(17-3-2-4-17)25(18-8-5-16(6-9-18)7-12-24(34)35)19-10-11-23-21(13-19)27(30)33-32-23/h5-15,17,27,32-33H,2-4H2,1H3,(H,34,35)/b12-7+,26-25+. The lowest BCUT2D eigenvalue weighted by molar-refractivity contribution is -0.131. The number of nitrogens with zero attached hydrogens (tertiary/aromatic N) is 1. The van der Waals surface area contributed by atoms with Crippen LogP contribution in [0.5, 0.6) is 5.88 Å². The molecule has 1 aliphatic heterocycles. The number of carboxylic acid groups (broad SMARTS) is 1. The monoisotopic (exact) mass is 505 g/mol. The van der Waals surface area contributed by atoms with Gasteiger partial charge in [-0.25, -0.2) is 19.6 Å². The predicted octanol–water partition coefficient (Wildman–Crippen LogP) is 6.50. The molecule has 3 aromatic rings. The number of hydrogen-bond acceptors (Lipinski definition) is 5. The van der Waals surface area contributed by atoms with Gasteiger partial charge in [0.1, 0.15) is 5.02 Å². The minimum atomic E-state index is -1.31. The van der Waals surface area contributed by atoms with E-state index in [0.29, 0.717) is 28.1 Å². The average molecular weight is 506 g/mol. The van der Waals surface area contributed by atoms with Crippen LogP contribution in [0.1, 0.15) is 53.4 Å². The third-order valence-electron chi connectivity index (χ3n) is 6.66. The molecule has 2 aromatic carbocycles. The minimum absolute atomic E-state index is 0.295. The molecule has 0 saturated heterocycles. The van der Waals surface area contributed by atoms with Gasteiger partial charge >= 0.3 is 5.97 Å². The summed E-state index contributed by atoms with van der Waals surface area (Å²) in [6, 6.07) is 15.3. The molecule has 1 atom stereocenters. The normalized spacial score (nSPS) is 17.8. The molecule has 0 bridgehead atoms. The lowest BCUT2D eigenvalue weighted by Crippen LogP contribution is -2.15. The van der Waals surface area contributed by atoms with Crippen LogP contribution in [0.15, 0.2) is 60.8 Å². The molecule has 0 spiro atoms. The Hall–Kier alpha value is -3.68. The highest BCUT2D eigenvalue weighted by molar-refractivity contribution is 6.32. The second kappa shape index (κ2) is 10.1. The van der Waals surface area contributed by atoms with E-state index < -0.39 is 12.3 Å². The first-order valence-corrected chi connectivity index (χ1v) is 12.1. The van der Waals surface area contributed by atoms with E-state index in [1.165, 1.54) is 7.11 Å². The highest BCUT2D eigenvalue weighted by atomic mass is 35.5. The van der Waals surface area contributed by atoms with Gasteiger partial charge in [-0.2, -0.15) is 0 Å². The molecule has 1 aliphatic carbocycles. The van der Waals surface area contributed by atoms with Crippen molar-refractivity contribution in [1.29, 1.82) is 0 Å². The molecule has 36 heavy (non-hydrogen) atoms. The molecule has 2 aliphatic rings. The van der Waals surface area contributed by atoms with E-state index in [0.717, 1.165) is 58.7 Å². The van der Waals surface area contributed by atoms with Gasteiger partial charge in [0, 0.05) is 17.8 Å². The fourth-order valence-electron chi connectivity index (χ4n) is 4.67. The molecule has 1 aromatic heterocycles. The molecule has 1 fully saturated rings. The zero-order valence-corrected chi connectivity index (χ0v) is 20.3. The molecular weight excluding hydrogens is 481 g/mol. The van der Waals surface area contributed by atoms with Crippen LogP contribution >= 0.6 is 11.6 Å². The fraction of sp³-hybridized carbons (Fsp3) is 0.214. The number of hydrogen-bond donors (Lipinski definition) is 3. The largest absolute Gasteiger partial charge is 0.480 e.